The second kappa shape index (κ2) is 6.21. The van der Waals surface area contributed by atoms with E-state index in [4.69, 9.17) is 11.6 Å². The van der Waals surface area contributed by atoms with Crippen LogP contribution in [0.4, 0.5) is 0 Å². The van der Waals surface area contributed by atoms with E-state index in [2.05, 4.69) is 0 Å². The molecule has 22 heavy (non-hydrogen) atoms. The Labute approximate surface area is 137 Å². The Balaban J connectivity index is 1.87. The van der Waals surface area contributed by atoms with E-state index in [1.54, 1.807) is 0 Å². The number of amides is 1. The van der Waals surface area contributed by atoms with Crippen molar-refractivity contribution in [3.05, 3.63) is 34.9 Å². The van der Waals surface area contributed by atoms with Crippen molar-refractivity contribution in [1.82, 2.24) is 4.90 Å². The molecule has 3 rings (SSSR count). The Morgan fingerprint density at radius 3 is 2.73 bits per heavy atom. The van der Waals surface area contributed by atoms with Gasteiger partial charge in [0.25, 0.3) is 0 Å². The maximum atomic E-state index is 13.3. The van der Waals surface area contributed by atoms with Gasteiger partial charge in [-0.05, 0) is 43.9 Å². The Morgan fingerprint density at radius 1 is 1.41 bits per heavy atom. The van der Waals surface area contributed by atoms with Gasteiger partial charge in [0.05, 0.1) is 11.5 Å². The SMILES string of the molecule is CC(O)C1CCN(C(=O)C2(c3cccc(Cl)c3)CCCC2)C1. The van der Waals surface area contributed by atoms with Crippen LogP contribution in [0.5, 0.6) is 0 Å². The molecule has 2 fully saturated rings. The summed E-state index contributed by atoms with van der Waals surface area (Å²) >= 11 is 6.16. The van der Waals surface area contributed by atoms with Gasteiger partial charge in [0.15, 0.2) is 0 Å². The number of aliphatic hydroxyl groups is 1. The summed E-state index contributed by atoms with van der Waals surface area (Å²) < 4.78 is 0. The topological polar surface area (TPSA) is 40.5 Å². The first kappa shape index (κ1) is 15.8. The van der Waals surface area contributed by atoms with Crippen LogP contribution in [0.25, 0.3) is 0 Å². The van der Waals surface area contributed by atoms with Crippen LogP contribution in [0.15, 0.2) is 24.3 Å². The summed E-state index contributed by atoms with van der Waals surface area (Å²) in [6, 6.07) is 7.79. The largest absolute Gasteiger partial charge is 0.393 e. The van der Waals surface area contributed by atoms with Crippen molar-refractivity contribution < 1.29 is 9.90 Å². The number of benzene rings is 1. The Kier molecular flexibility index (Phi) is 4.47. The third kappa shape index (κ3) is 2.77. The zero-order chi connectivity index (χ0) is 15.7. The first-order valence-electron chi connectivity index (χ1n) is 8.26. The summed E-state index contributed by atoms with van der Waals surface area (Å²) in [6.07, 6.45) is 4.54. The highest BCUT2D eigenvalue weighted by Gasteiger charge is 2.46. The van der Waals surface area contributed by atoms with E-state index in [0.29, 0.717) is 11.6 Å². The highest BCUT2D eigenvalue weighted by molar-refractivity contribution is 6.30. The predicted molar refractivity (Wildman–Crippen MR) is 88.0 cm³/mol. The van der Waals surface area contributed by atoms with Crippen LogP contribution in [0, 0.1) is 5.92 Å². The quantitative estimate of drug-likeness (QED) is 0.927. The van der Waals surface area contributed by atoms with Crippen LogP contribution in [0.1, 0.15) is 44.6 Å². The highest BCUT2D eigenvalue weighted by Crippen LogP contribution is 2.44. The fourth-order valence-corrected chi connectivity index (χ4v) is 4.25. The summed E-state index contributed by atoms with van der Waals surface area (Å²) in [7, 11) is 0. The first-order chi connectivity index (χ1) is 10.5. The maximum absolute atomic E-state index is 13.3. The van der Waals surface area contributed by atoms with Crippen LogP contribution in [0.3, 0.4) is 0 Å². The number of likely N-dealkylation sites (tertiary alicyclic amines) is 1. The second-order valence-electron chi connectivity index (χ2n) is 6.84. The first-order valence-corrected chi connectivity index (χ1v) is 8.64. The van der Waals surface area contributed by atoms with Crippen molar-refractivity contribution in [2.24, 2.45) is 5.92 Å². The molecule has 1 aromatic carbocycles. The minimum atomic E-state index is -0.404. The van der Waals surface area contributed by atoms with Gasteiger partial charge in [-0.3, -0.25) is 4.79 Å². The minimum absolute atomic E-state index is 0.210. The zero-order valence-electron chi connectivity index (χ0n) is 13.1. The molecule has 1 aliphatic carbocycles. The molecule has 0 aromatic heterocycles. The molecule has 1 amide bonds. The minimum Gasteiger partial charge on any atom is -0.393 e. The Hall–Kier alpha value is -1.06. The van der Waals surface area contributed by atoms with Crippen LogP contribution in [-0.2, 0) is 10.2 Å². The van der Waals surface area contributed by atoms with Gasteiger partial charge >= 0.3 is 0 Å². The van der Waals surface area contributed by atoms with Crippen molar-refractivity contribution in [1.29, 1.82) is 0 Å². The number of carbonyl (C=O) groups excluding carboxylic acids is 1. The third-order valence-electron chi connectivity index (χ3n) is 5.44. The van der Waals surface area contributed by atoms with Crippen molar-refractivity contribution in [2.45, 2.75) is 50.5 Å². The maximum Gasteiger partial charge on any atom is 0.233 e. The number of aliphatic hydroxyl groups excluding tert-OH is 1. The summed E-state index contributed by atoms with van der Waals surface area (Å²) in [6.45, 7) is 3.26. The van der Waals surface area contributed by atoms with E-state index in [1.165, 1.54) is 0 Å². The Morgan fingerprint density at radius 2 is 2.14 bits per heavy atom. The summed E-state index contributed by atoms with van der Waals surface area (Å²) in [5.41, 5.74) is 0.654. The Bertz CT molecular complexity index is 552. The van der Waals surface area contributed by atoms with Crippen molar-refractivity contribution in [3.63, 3.8) is 0 Å². The zero-order valence-corrected chi connectivity index (χ0v) is 13.9. The molecule has 1 heterocycles. The van der Waals surface area contributed by atoms with Crippen LogP contribution in [-0.4, -0.2) is 35.1 Å². The van der Waals surface area contributed by atoms with Crippen molar-refractivity contribution in [3.8, 4) is 0 Å². The van der Waals surface area contributed by atoms with Crippen LogP contribution >= 0.6 is 11.6 Å². The molecule has 1 aromatic rings. The van der Waals surface area contributed by atoms with Gasteiger partial charge in [-0.25, -0.2) is 0 Å². The van der Waals surface area contributed by atoms with Crippen LogP contribution < -0.4 is 0 Å². The van der Waals surface area contributed by atoms with E-state index >= 15 is 0 Å². The number of nitrogens with zero attached hydrogens (tertiary/aromatic N) is 1. The summed E-state index contributed by atoms with van der Waals surface area (Å²) in [5.74, 6) is 0.442. The molecular formula is C18H24ClNO2. The van der Waals surface area contributed by atoms with E-state index in [-0.39, 0.29) is 17.9 Å². The number of carbonyl (C=O) groups is 1. The van der Waals surface area contributed by atoms with Gasteiger partial charge in [0, 0.05) is 24.0 Å². The van der Waals surface area contributed by atoms with Gasteiger partial charge in [-0.15, -0.1) is 0 Å². The molecule has 3 nitrogen and oxygen atoms in total. The molecule has 1 saturated carbocycles. The fraction of sp³-hybridized carbons (Fsp3) is 0.611. The average molecular weight is 322 g/mol. The monoisotopic (exact) mass is 321 g/mol. The molecule has 2 unspecified atom stereocenters. The summed E-state index contributed by atoms with van der Waals surface area (Å²) in [5, 5.41) is 10.5. The van der Waals surface area contributed by atoms with Gasteiger partial charge in [0.1, 0.15) is 0 Å². The lowest BCUT2D eigenvalue weighted by atomic mass is 9.77. The van der Waals surface area contributed by atoms with Gasteiger partial charge in [0.2, 0.25) is 5.91 Å². The fourth-order valence-electron chi connectivity index (χ4n) is 4.06. The number of halogens is 1. The molecule has 0 spiro atoms. The summed E-state index contributed by atoms with van der Waals surface area (Å²) in [4.78, 5) is 15.2. The van der Waals surface area contributed by atoms with E-state index in [0.717, 1.165) is 44.2 Å². The van der Waals surface area contributed by atoms with Gasteiger partial charge in [-0.2, -0.15) is 0 Å². The molecule has 2 atom stereocenters. The number of hydrogen-bond donors (Lipinski definition) is 1. The van der Waals surface area contributed by atoms with Gasteiger partial charge in [-0.1, -0.05) is 36.6 Å². The van der Waals surface area contributed by atoms with E-state index < -0.39 is 5.41 Å². The van der Waals surface area contributed by atoms with Crippen molar-refractivity contribution in [2.75, 3.05) is 13.1 Å². The van der Waals surface area contributed by atoms with E-state index in [9.17, 15) is 9.90 Å². The molecule has 1 saturated heterocycles. The standard InChI is InChI=1S/C18H24ClNO2/c1-13(21)14-7-10-20(12-14)17(22)18(8-2-3-9-18)15-5-4-6-16(19)11-15/h4-6,11,13-14,21H,2-3,7-10,12H2,1H3. The predicted octanol–water partition coefficient (Wildman–Crippen LogP) is 3.38. The molecule has 0 bridgehead atoms. The molecule has 0 radical (unpaired) electrons. The normalized spacial score (nSPS) is 25.4. The molecule has 1 aliphatic heterocycles. The molecule has 4 heteroatoms. The lowest BCUT2D eigenvalue weighted by Gasteiger charge is -2.33. The van der Waals surface area contributed by atoms with Gasteiger partial charge < -0.3 is 10.0 Å². The smallest absolute Gasteiger partial charge is 0.233 e. The lowest BCUT2D eigenvalue weighted by Crippen LogP contribution is -2.44. The number of rotatable bonds is 3. The lowest BCUT2D eigenvalue weighted by molar-refractivity contribution is -0.136. The second-order valence-corrected chi connectivity index (χ2v) is 7.28. The number of hydrogen-bond acceptors (Lipinski definition) is 2. The van der Waals surface area contributed by atoms with Crippen molar-refractivity contribution >= 4 is 17.5 Å². The molecule has 2 aliphatic rings. The highest BCUT2D eigenvalue weighted by atomic mass is 35.5. The van der Waals surface area contributed by atoms with E-state index in [1.807, 2.05) is 36.1 Å². The molecule has 1 N–H and O–H groups in total. The molecule has 120 valence electrons. The average Bonchev–Trinajstić information content (AvgIpc) is 3.17. The molecular weight excluding hydrogens is 298 g/mol. The van der Waals surface area contributed by atoms with Crippen LogP contribution in [0.2, 0.25) is 5.02 Å². The third-order valence-corrected chi connectivity index (χ3v) is 5.67.